The summed E-state index contributed by atoms with van der Waals surface area (Å²) in [4.78, 5) is 11.8. The summed E-state index contributed by atoms with van der Waals surface area (Å²) in [5.41, 5.74) is -0.233. The van der Waals surface area contributed by atoms with Crippen molar-refractivity contribution in [2.24, 2.45) is 0 Å². The highest BCUT2D eigenvalue weighted by Crippen LogP contribution is 2.21. The second-order valence-electron chi connectivity index (χ2n) is 4.62. The number of hydrogen-bond donors (Lipinski definition) is 2. The van der Waals surface area contributed by atoms with Crippen molar-refractivity contribution in [3.8, 4) is 0 Å². The maximum absolute atomic E-state index is 11.8. The number of carbonyl (C=O) groups excluding carboxylic acids is 1. The third-order valence-corrected chi connectivity index (χ3v) is 3.99. The second kappa shape index (κ2) is 7.39. The highest BCUT2D eigenvalue weighted by atomic mass is 35.5. The van der Waals surface area contributed by atoms with E-state index in [2.05, 4.69) is 5.32 Å². The van der Waals surface area contributed by atoms with Gasteiger partial charge in [-0.3, -0.25) is 4.79 Å². The predicted molar refractivity (Wildman–Crippen MR) is 82.2 cm³/mol. The summed E-state index contributed by atoms with van der Waals surface area (Å²) >= 11 is 13.4. The van der Waals surface area contributed by atoms with E-state index in [1.54, 1.807) is 25.1 Å². The zero-order chi connectivity index (χ0) is 14.5. The molecular weight excluding hydrogens is 305 g/mol. The van der Waals surface area contributed by atoms with E-state index in [0.717, 1.165) is 0 Å². The van der Waals surface area contributed by atoms with E-state index < -0.39 is 5.60 Å². The fourth-order valence-electron chi connectivity index (χ4n) is 1.57. The number of nitrogens with one attached hydrogen (secondary N) is 1. The first-order valence-corrected chi connectivity index (χ1v) is 7.91. The Hall–Kier alpha value is -0.420. The highest BCUT2D eigenvalue weighted by molar-refractivity contribution is 7.98. The molecule has 0 aromatic heterocycles. The first kappa shape index (κ1) is 16.6. The van der Waals surface area contributed by atoms with E-state index in [9.17, 15) is 9.90 Å². The van der Waals surface area contributed by atoms with Crippen LogP contribution in [-0.2, 0) is 11.2 Å². The number of benzene rings is 1. The molecule has 106 valence electrons. The number of rotatable bonds is 6. The van der Waals surface area contributed by atoms with Crippen molar-refractivity contribution in [3.05, 3.63) is 33.8 Å². The lowest BCUT2D eigenvalue weighted by Gasteiger charge is -2.22. The number of thioether (sulfide) groups is 1. The van der Waals surface area contributed by atoms with E-state index in [4.69, 9.17) is 23.2 Å². The lowest BCUT2D eigenvalue weighted by atomic mass is 10.1. The Morgan fingerprint density at radius 2 is 2.16 bits per heavy atom. The summed E-state index contributed by atoms with van der Waals surface area (Å²) in [5.74, 6) is 0.371. The maximum atomic E-state index is 11.8. The molecule has 6 heteroatoms. The molecule has 19 heavy (non-hydrogen) atoms. The summed E-state index contributed by atoms with van der Waals surface area (Å²) in [7, 11) is 0. The van der Waals surface area contributed by atoms with Gasteiger partial charge >= 0.3 is 0 Å². The molecule has 2 N–H and O–H groups in total. The molecule has 0 bridgehead atoms. The van der Waals surface area contributed by atoms with Gasteiger partial charge in [-0.1, -0.05) is 23.2 Å². The average molecular weight is 322 g/mol. The number of carbonyl (C=O) groups is 1. The Bertz CT molecular complexity index is 452. The van der Waals surface area contributed by atoms with Gasteiger partial charge < -0.3 is 10.4 Å². The summed E-state index contributed by atoms with van der Waals surface area (Å²) in [5, 5.41) is 13.7. The van der Waals surface area contributed by atoms with Gasteiger partial charge in [0.25, 0.3) is 0 Å². The van der Waals surface area contributed by atoms with E-state index in [0.29, 0.717) is 21.4 Å². The standard InChI is InChI=1S/C13H17Cl2NO2S/c1-13(18,8-19-2)7-16-12(17)6-9-5-10(14)3-4-11(9)15/h3-5,18H,6-8H2,1-2H3,(H,16,17). The number of hydrogen-bond acceptors (Lipinski definition) is 3. The fraction of sp³-hybridized carbons (Fsp3) is 0.462. The molecule has 0 heterocycles. The Balaban J connectivity index is 2.54. The normalized spacial score (nSPS) is 13.9. The van der Waals surface area contributed by atoms with Gasteiger partial charge in [0.2, 0.25) is 5.91 Å². The van der Waals surface area contributed by atoms with E-state index in [-0.39, 0.29) is 18.9 Å². The second-order valence-corrected chi connectivity index (χ2v) is 6.33. The Kier molecular flexibility index (Phi) is 6.47. The molecule has 0 saturated carbocycles. The maximum Gasteiger partial charge on any atom is 0.224 e. The van der Waals surface area contributed by atoms with E-state index in [1.807, 2.05) is 6.26 Å². The largest absolute Gasteiger partial charge is 0.387 e. The van der Waals surface area contributed by atoms with Crippen LogP contribution in [0.3, 0.4) is 0 Å². The zero-order valence-electron chi connectivity index (χ0n) is 10.9. The van der Waals surface area contributed by atoms with Gasteiger partial charge in [0.15, 0.2) is 0 Å². The van der Waals surface area contributed by atoms with Crippen molar-refractivity contribution in [2.45, 2.75) is 18.9 Å². The van der Waals surface area contributed by atoms with Gasteiger partial charge in [0, 0.05) is 22.3 Å². The lowest BCUT2D eigenvalue weighted by molar-refractivity contribution is -0.121. The quantitative estimate of drug-likeness (QED) is 0.847. The van der Waals surface area contributed by atoms with Crippen LogP contribution in [0.15, 0.2) is 18.2 Å². The van der Waals surface area contributed by atoms with Crippen LogP contribution < -0.4 is 5.32 Å². The number of halogens is 2. The monoisotopic (exact) mass is 321 g/mol. The van der Waals surface area contributed by atoms with Crippen molar-refractivity contribution < 1.29 is 9.90 Å². The van der Waals surface area contributed by atoms with Crippen LogP contribution >= 0.6 is 35.0 Å². The molecule has 1 amide bonds. The Morgan fingerprint density at radius 1 is 1.47 bits per heavy atom. The van der Waals surface area contributed by atoms with Gasteiger partial charge in [-0.2, -0.15) is 11.8 Å². The lowest BCUT2D eigenvalue weighted by Crippen LogP contribution is -2.42. The smallest absolute Gasteiger partial charge is 0.224 e. The number of aliphatic hydroxyl groups is 1. The van der Waals surface area contributed by atoms with Crippen molar-refractivity contribution in [3.63, 3.8) is 0 Å². The SMILES string of the molecule is CSCC(C)(O)CNC(=O)Cc1cc(Cl)ccc1Cl. The molecule has 0 fully saturated rings. The van der Waals surface area contributed by atoms with Crippen LogP contribution in [0.5, 0.6) is 0 Å². The molecule has 0 radical (unpaired) electrons. The van der Waals surface area contributed by atoms with E-state index in [1.165, 1.54) is 11.8 Å². The van der Waals surface area contributed by atoms with Crippen LogP contribution in [0.4, 0.5) is 0 Å². The van der Waals surface area contributed by atoms with Crippen molar-refractivity contribution in [1.82, 2.24) is 5.32 Å². The van der Waals surface area contributed by atoms with Crippen LogP contribution in [0, 0.1) is 0 Å². The van der Waals surface area contributed by atoms with Gasteiger partial charge in [-0.25, -0.2) is 0 Å². The van der Waals surface area contributed by atoms with Gasteiger partial charge in [-0.15, -0.1) is 0 Å². The van der Waals surface area contributed by atoms with Crippen molar-refractivity contribution in [1.29, 1.82) is 0 Å². The molecule has 0 aliphatic carbocycles. The van der Waals surface area contributed by atoms with Crippen LogP contribution in [0.1, 0.15) is 12.5 Å². The van der Waals surface area contributed by atoms with Gasteiger partial charge in [0.1, 0.15) is 0 Å². The first-order chi connectivity index (χ1) is 8.84. The summed E-state index contributed by atoms with van der Waals surface area (Å²) in [6, 6.07) is 5.01. The fourth-order valence-corrected chi connectivity index (χ4v) is 2.67. The molecule has 0 saturated heterocycles. The third kappa shape index (κ3) is 6.04. The molecule has 1 unspecified atom stereocenters. The molecule has 0 aliphatic heterocycles. The van der Waals surface area contributed by atoms with Crippen LogP contribution in [0.2, 0.25) is 10.0 Å². The Morgan fingerprint density at radius 3 is 2.79 bits per heavy atom. The van der Waals surface area contributed by atoms with E-state index >= 15 is 0 Å². The molecule has 1 aromatic carbocycles. The topological polar surface area (TPSA) is 49.3 Å². The minimum atomic E-state index is -0.910. The summed E-state index contributed by atoms with van der Waals surface area (Å²) in [6.45, 7) is 1.90. The molecule has 0 spiro atoms. The number of amides is 1. The summed E-state index contributed by atoms with van der Waals surface area (Å²) in [6.07, 6.45) is 2.05. The predicted octanol–water partition coefficient (Wildman–Crippen LogP) is 2.77. The molecule has 1 aromatic rings. The van der Waals surface area contributed by atoms with Gasteiger partial charge in [-0.05, 0) is 36.9 Å². The molecule has 0 aliphatic rings. The zero-order valence-corrected chi connectivity index (χ0v) is 13.2. The van der Waals surface area contributed by atoms with Crippen molar-refractivity contribution in [2.75, 3.05) is 18.6 Å². The van der Waals surface area contributed by atoms with Gasteiger partial charge in [0.05, 0.1) is 12.0 Å². The Labute approximate surface area is 127 Å². The first-order valence-electron chi connectivity index (χ1n) is 5.76. The summed E-state index contributed by atoms with van der Waals surface area (Å²) < 4.78 is 0. The molecular formula is C13H17Cl2NO2S. The third-order valence-electron chi connectivity index (χ3n) is 2.48. The minimum absolute atomic E-state index is 0.148. The van der Waals surface area contributed by atoms with Crippen LogP contribution in [-0.4, -0.2) is 35.2 Å². The molecule has 1 atom stereocenters. The van der Waals surface area contributed by atoms with Crippen LogP contribution in [0.25, 0.3) is 0 Å². The highest BCUT2D eigenvalue weighted by Gasteiger charge is 2.20. The minimum Gasteiger partial charge on any atom is -0.387 e. The molecule has 1 rings (SSSR count). The van der Waals surface area contributed by atoms with Crippen molar-refractivity contribution >= 4 is 40.9 Å². The molecule has 3 nitrogen and oxygen atoms in total. The average Bonchev–Trinajstić information content (AvgIpc) is 2.31.